The van der Waals surface area contributed by atoms with E-state index >= 15 is 0 Å². The quantitative estimate of drug-likeness (QED) is 0.364. The maximum Gasteiger partial charge on any atom is 0.416 e. The molecule has 1 aliphatic rings. The number of rotatable bonds is 4. The molecule has 2 rings (SSSR count). The number of amides is 1. The van der Waals surface area contributed by atoms with E-state index in [2.05, 4.69) is 20.9 Å². The van der Waals surface area contributed by atoms with E-state index in [0.29, 0.717) is 13.1 Å². The molecular formula is C14H18F3N5O. The highest BCUT2D eigenvalue weighted by molar-refractivity contribution is 6.04. The standard InChI is InChI=1S/C14H18F3N5O/c1-19-13(21-7-12(23)22-9-5-20-6-9)10-4-8(14(15,16)17)2-3-11(10)18/h2-4,9,20H,5-7,18H2,1H3,(H,19,21)(H,22,23). The monoisotopic (exact) mass is 329 g/mol. The van der Waals surface area contributed by atoms with Crippen LogP contribution in [0.5, 0.6) is 0 Å². The van der Waals surface area contributed by atoms with Gasteiger partial charge in [0.15, 0.2) is 0 Å². The lowest BCUT2D eigenvalue weighted by atomic mass is 10.1. The molecule has 1 aliphatic heterocycles. The van der Waals surface area contributed by atoms with Gasteiger partial charge in [0.1, 0.15) is 5.84 Å². The molecule has 23 heavy (non-hydrogen) atoms. The van der Waals surface area contributed by atoms with Gasteiger partial charge in [-0.15, -0.1) is 0 Å². The minimum absolute atomic E-state index is 0.0879. The number of amidine groups is 1. The van der Waals surface area contributed by atoms with Crippen LogP contribution in [0.2, 0.25) is 0 Å². The van der Waals surface area contributed by atoms with Gasteiger partial charge in [-0.2, -0.15) is 13.2 Å². The lowest BCUT2D eigenvalue weighted by Crippen LogP contribution is -2.58. The second kappa shape index (κ2) is 6.86. The largest absolute Gasteiger partial charge is 0.416 e. The van der Waals surface area contributed by atoms with Gasteiger partial charge in [0.25, 0.3) is 0 Å². The molecule has 0 bridgehead atoms. The van der Waals surface area contributed by atoms with Gasteiger partial charge >= 0.3 is 6.18 Å². The Kier molecular flexibility index (Phi) is 5.09. The van der Waals surface area contributed by atoms with E-state index in [-0.39, 0.29) is 35.6 Å². The number of nitrogen functional groups attached to an aromatic ring is 1. The second-order valence-electron chi connectivity index (χ2n) is 5.15. The number of hydrogen-bond acceptors (Lipinski definition) is 4. The minimum atomic E-state index is -4.48. The van der Waals surface area contributed by atoms with Crippen molar-refractivity contribution in [1.29, 1.82) is 0 Å². The lowest BCUT2D eigenvalue weighted by molar-refractivity contribution is -0.137. The Morgan fingerprint density at radius 1 is 1.43 bits per heavy atom. The highest BCUT2D eigenvalue weighted by Gasteiger charge is 2.31. The van der Waals surface area contributed by atoms with Gasteiger partial charge in [-0.05, 0) is 18.2 Å². The van der Waals surface area contributed by atoms with Gasteiger partial charge in [0.05, 0.1) is 18.2 Å². The van der Waals surface area contributed by atoms with E-state index in [0.717, 1.165) is 12.1 Å². The summed E-state index contributed by atoms with van der Waals surface area (Å²) < 4.78 is 38.4. The van der Waals surface area contributed by atoms with E-state index in [9.17, 15) is 18.0 Å². The Morgan fingerprint density at radius 3 is 2.65 bits per heavy atom. The number of benzene rings is 1. The molecule has 5 N–H and O–H groups in total. The van der Waals surface area contributed by atoms with Crippen molar-refractivity contribution in [2.75, 3.05) is 32.4 Å². The van der Waals surface area contributed by atoms with Crippen LogP contribution >= 0.6 is 0 Å². The first-order chi connectivity index (χ1) is 10.8. The second-order valence-corrected chi connectivity index (χ2v) is 5.15. The Bertz CT molecular complexity index is 611. The van der Waals surface area contributed by atoms with E-state index in [1.54, 1.807) is 0 Å². The number of halogens is 3. The first-order valence-corrected chi connectivity index (χ1v) is 6.99. The summed E-state index contributed by atoms with van der Waals surface area (Å²) in [5.41, 5.74) is 5.16. The highest BCUT2D eigenvalue weighted by Crippen LogP contribution is 2.31. The van der Waals surface area contributed by atoms with Crippen molar-refractivity contribution in [3.8, 4) is 0 Å². The summed E-state index contributed by atoms with van der Waals surface area (Å²) in [4.78, 5) is 15.6. The first kappa shape index (κ1) is 17.1. The number of aliphatic imine (C=N–C) groups is 1. The molecule has 1 amide bonds. The summed E-state index contributed by atoms with van der Waals surface area (Å²) in [5, 5.41) is 8.51. The van der Waals surface area contributed by atoms with Crippen molar-refractivity contribution >= 4 is 17.4 Å². The first-order valence-electron chi connectivity index (χ1n) is 6.99. The fraction of sp³-hybridized carbons (Fsp3) is 0.429. The molecule has 1 saturated heterocycles. The minimum Gasteiger partial charge on any atom is -0.398 e. The zero-order chi connectivity index (χ0) is 17.0. The van der Waals surface area contributed by atoms with E-state index < -0.39 is 11.7 Å². The van der Waals surface area contributed by atoms with Crippen LogP contribution in [-0.2, 0) is 11.0 Å². The van der Waals surface area contributed by atoms with Crippen LogP contribution in [-0.4, -0.2) is 44.5 Å². The third-order valence-electron chi connectivity index (χ3n) is 3.42. The SMILES string of the molecule is CN=C(NCC(=O)NC1CNC1)c1cc(C(F)(F)F)ccc1N. The molecule has 1 heterocycles. The fourth-order valence-corrected chi connectivity index (χ4v) is 2.07. The molecule has 1 aromatic rings. The van der Waals surface area contributed by atoms with Gasteiger partial charge in [-0.25, -0.2) is 0 Å². The van der Waals surface area contributed by atoms with Crippen molar-refractivity contribution < 1.29 is 18.0 Å². The molecule has 1 fully saturated rings. The van der Waals surface area contributed by atoms with Gasteiger partial charge in [0, 0.05) is 31.4 Å². The van der Waals surface area contributed by atoms with Crippen LogP contribution in [0, 0.1) is 0 Å². The van der Waals surface area contributed by atoms with E-state index in [1.807, 2.05) is 0 Å². The molecule has 6 nitrogen and oxygen atoms in total. The molecule has 126 valence electrons. The number of anilines is 1. The molecular weight excluding hydrogens is 311 g/mol. The average molecular weight is 329 g/mol. The molecule has 9 heteroatoms. The zero-order valence-electron chi connectivity index (χ0n) is 12.5. The van der Waals surface area contributed by atoms with Crippen molar-refractivity contribution in [2.24, 2.45) is 4.99 Å². The molecule has 0 aromatic heterocycles. The zero-order valence-corrected chi connectivity index (χ0v) is 12.5. The van der Waals surface area contributed by atoms with Crippen molar-refractivity contribution in [2.45, 2.75) is 12.2 Å². The summed E-state index contributed by atoms with van der Waals surface area (Å²) >= 11 is 0. The fourth-order valence-electron chi connectivity index (χ4n) is 2.07. The van der Waals surface area contributed by atoms with Gasteiger partial charge in [-0.1, -0.05) is 0 Å². The van der Waals surface area contributed by atoms with Gasteiger partial charge in [-0.3, -0.25) is 9.79 Å². The normalized spacial score (nSPS) is 15.9. The van der Waals surface area contributed by atoms with Crippen LogP contribution in [0.25, 0.3) is 0 Å². The molecule has 1 aromatic carbocycles. The third kappa shape index (κ3) is 4.35. The van der Waals surface area contributed by atoms with Gasteiger partial charge in [0.2, 0.25) is 5.91 Å². The van der Waals surface area contributed by atoms with Crippen LogP contribution in [0.3, 0.4) is 0 Å². The Balaban J connectivity index is 2.06. The Labute approximate surface area is 131 Å². The molecule has 0 saturated carbocycles. The van der Waals surface area contributed by atoms with Crippen molar-refractivity contribution in [1.82, 2.24) is 16.0 Å². The number of alkyl halides is 3. The van der Waals surface area contributed by atoms with Crippen LogP contribution in [0.15, 0.2) is 23.2 Å². The number of nitrogens with two attached hydrogens (primary N) is 1. The van der Waals surface area contributed by atoms with E-state index in [4.69, 9.17) is 5.73 Å². The smallest absolute Gasteiger partial charge is 0.398 e. The number of nitrogens with one attached hydrogen (secondary N) is 3. The molecule has 0 spiro atoms. The predicted octanol–water partition coefficient (Wildman–Crippen LogP) is 0.342. The Morgan fingerprint density at radius 2 is 2.13 bits per heavy atom. The van der Waals surface area contributed by atoms with Crippen LogP contribution in [0.1, 0.15) is 11.1 Å². The summed E-state index contributed by atoms with van der Waals surface area (Å²) in [7, 11) is 1.41. The summed E-state index contributed by atoms with van der Waals surface area (Å²) in [6.45, 7) is 1.32. The number of carbonyl (C=O) groups is 1. The van der Waals surface area contributed by atoms with Crippen molar-refractivity contribution in [3.05, 3.63) is 29.3 Å². The van der Waals surface area contributed by atoms with Gasteiger partial charge < -0.3 is 21.7 Å². The molecule has 0 aliphatic carbocycles. The number of nitrogens with zero attached hydrogens (tertiary/aromatic N) is 1. The van der Waals surface area contributed by atoms with E-state index in [1.165, 1.54) is 13.1 Å². The topological polar surface area (TPSA) is 91.5 Å². The maximum absolute atomic E-state index is 12.8. The Hall–Kier alpha value is -2.29. The van der Waals surface area contributed by atoms with Crippen LogP contribution < -0.4 is 21.7 Å². The molecule has 0 radical (unpaired) electrons. The maximum atomic E-state index is 12.8. The summed E-state index contributed by atoms with van der Waals surface area (Å²) in [6, 6.07) is 3.08. The average Bonchev–Trinajstić information content (AvgIpc) is 2.44. The summed E-state index contributed by atoms with van der Waals surface area (Å²) in [5.74, 6) is -0.126. The number of hydrogen-bond donors (Lipinski definition) is 4. The predicted molar refractivity (Wildman–Crippen MR) is 81.1 cm³/mol. The molecule has 0 atom stereocenters. The van der Waals surface area contributed by atoms with Crippen LogP contribution in [0.4, 0.5) is 18.9 Å². The van der Waals surface area contributed by atoms with Crippen molar-refractivity contribution in [3.63, 3.8) is 0 Å². The lowest BCUT2D eigenvalue weighted by Gasteiger charge is -2.28. The third-order valence-corrected chi connectivity index (χ3v) is 3.42. The highest BCUT2D eigenvalue weighted by atomic mass is 19.4. The summed E-state index contributed by atoms with van der Waals surface area (Å²) in [6.07, 6.45) is -4.48. The number of carbonyl (C=O) groups excluding carboxylic acids is 1. The molecule has 0 unspecified atom stereocenters.